The minimum absolute atomic E-state index is 0. The molecule has 3 nitrogen and oxygen atoms in total. The first-order chi connectivity index (χ1) is 6.34. The third-order valence-corrected chi connectivity index (χ3v) is 2.06. The number of hydrogen-bond acceptors (Lipinski definition) is 2. The van der Waals surface area contributed by atoms with Crippen LogP contribution < -0.4 is 5.32 Å². The van der Waals surface area contributed by atoms with Gasteiger partial charge in [-0.2, -0.15) is 0 Å². The van der Waals surface area contributed by atoms with Crippen molar-refractivity contribution in [3.63, 3.8) is 0 Å². The predicted octanol–water partition coefficient (Wildman–Crippen LogP) is 0.689. The number of nitrogens with one attached hydrogen (secondary N) is 1. The van der Waals surface area contributed by atoms with Crippen molar-refractivity contribution in [2.75, 3.05) is 6.61 Å². The fourth-order valence-corrected chi connectivity index (χ4v) is 1.43. The van der Waals surface area contributed by atoms with Gasteiger partial charge in [-0.1, -0.05) is 30.3 Å². The van der Waals surface area contributed by atoms with Gasteiger partial charge in [-0.15, -0.1) is 0 Å². The second-order valence-corrected chi connectivity index (χ2v) is 3.13. The molecule has 1 saturated heterocycles. The molecule has 1 aromatic rings. The van der Waals surface area contributed by atoms with E-state index in [-0.39, 0.29) is 31.0 Å². The number of alkyl carbamates (subject to hydrolysis) is 1. The number of carbonyl (C=O) groups is 1. The van der Waals surface area contributed by atoms with Gasteiger partial charge < -0.3 is 10.1 Å². The van der Waals surface area contributed by atoms with Crippen molar-refractivity contribution < 1.29 is 9.53 Å². The van der Waals surface area contributed by atoms with E-state index in [2.05, 4.69) is 5.32 Å². The Kier molecular flexibility index (Phi) is 4.06. The Morgan fingerprint density at radius 3 is 2.64 bits per heavy atom. The summed E-state index contributed by atoms with van der Waals surface area (Å²) in [6.45, 7) is 0.480. The van der Waals surface area contributed by atoms with Crippen LogP contribution in [0.3, 0.4) is 0 Å². The molecule has 14 heavy (non-hydrogen) atoms. The molecular formula is C10H12LiNO2. The van der Waals surface area contributed by atoms with Crippen LogP contribution in [0, 0.1) is 0 Å². The van der Waals surface area contributed by atoms with Crippen molar-refractivity contribution in [3.05, 3.63) is 35.9 Å². The zero-order chi connectivity index (χ0) is 9.10. The van der Waals surface area contributed by atoms with E-state index in [0.717, 1.165) is 6.42 Å². The molecule has 0 aromatic heterocycles. The molecule has 1 fully saturated rings. The molecule has 1 amide bonds. The van der Waals surface area contributed by atoms with Crippen LogP contribution in [0.25, 0.3) is 0 Å². The molecule has 0 unspecified atom stereocenters. The zero-order valence-electron chi connectivity index (χ0n) is 7.19. The fourth-order valence-electron chi connectivity index (χ4n) is 1.43. The Balaban J connectivity index is 0.000000980. The summed E-state index contributed by atoms with van der Waals surface area (Å²) in [5, 5.41) is 2.74. The molecule has 1 aliphatic heterocycles. The van der Waals surface area contributed by atoms with Gasteiger partial charge >= 0.3 is 25.0 Å². The summed E-state index contributed by atoms with van der Waals surface area (Å²) < 4.78 is 4.79. The van der Waals surface area contributed by atoms with Crippen molar-refractivity contribution in [1.82, 2.24) is 5.32 Å². The van der Waals surface area contributed by atoms with Gasteiger partial charge in [0, 0.05) is 0 Å². The van der Waals surface area contributed by atoms with Crippen molar-refractivity contribution in [1.29, 1.82) is 0 Å². The molecule has 0 radical (unpaired) electrons. The molecule has 70 valence electrons. The summed E-state index contributed by atoms with van der Waals surface area (Å²) >= 11 is 0. The molecule has 4 heteroatoms. The number of carbonyl (C=O) groups excluding carboxylic acids is 1. The Bertz CT molecular complexity index is 302. The van der Waals surface area contributed by atoms with Crippen LogP contribution in [0.4, 0.5) is 4.79 Å². The standard InChI is InChI=1S/C10H11NO2.Li.H/c12-10-11-9(7-13-10)6-8-4-2-1-3-5-8;;/h1-5,9H,6-7H2,(H,11,12);;/t9-;;/m1../s1. The third-order valence-electron chi connectivity index (χ3n) is 2.06. The number of hydrogen-bond donors (Lipinski definition) is 1. The Morgan fingerprint density at radius 1 is 1.36 bits per heavy atom. The summed E-state index contributed by atoms with van der Waals surface area (Å²) in [6, 6.07) is 10.2. The molecule has 2 rings (SSSR count). The van der Waals surface area contributed by atoms with Crippen molar-refractivity contribution >= 4 is 25.0 Å². The molecule has 1 heterocycles. The number of cyclic esters (lactones) is 1. The molecular weight excluding hydrogens is 173 g/mol. The molecule has 0 bridgehead atoms. The van der Waals surface area contributed by atoms with Crippen LogP contribution in [0.1, 0.15) is 5.56 Å². The van der Waals surface area contributed by atoms with Gasteiger partial charge in [0.05, 0.1) is 6.04 Å². The van der Waals surface area contributed by atoms with Crippen molar-refractivity contribution in [2.24, 2.45) is 0 Å². The Hall–Kier alpha value is -0.913. The van der Waals surface area contributed by atoms with E-state index in [4.69, 9.17) is 4.74 Å². The Morgan fingerprint density at radius 2 is 2.07 bits per heavy atom. The topological polar surface area (TPSA) is 38.3 Å². The van der Waals surface area contributed by atoms with Crippen LogP contribution in [-0.2, 0) is 11.2 Å². The summed E-state index contributed by atoms with van der Waals surface area (Å²) in [5.74, 6) is 0. The van der Waals surface area contributed by atoms with E-state index >= 15 is 0 Å². The first-order valence-electron chi connectivity index (χ1n) is 4.32. The number of rotatable bonds is 2. The minimum atomic E-state index is -0.305. The number of benzene rings is 1. The molecule has 1 aromatic carbocycles. The van der Waals surface area contributed by atoms with Crippen LogP contribution in [0.15, 0.2) is 30.3 Å². The summed E-state index contributed by atoms with van der Waals surface area (Å²) in [4.78, 5) is 10.7. The average molecular weight is 185 g/mol. The molecule has 1 atom stereocenters. The quantitative estimate of drug-likeness (QED) is 0.688. The summed E-state index contributed by atoms with van der Waals surface area (Å²) in [7, 11) is 0. The monoisotopic (exact) mass is 185 g/mol. The average Bonchev–Trinajstić information content (AvgIpc) is 2.53. The van der Waals surface area contributed by atoms with E-state index in [0.29, 0.717) is 6.61 Å². The summed E-state index contributed by atoms with van der Waals surface area (Å²) in [5.41, 5.74) is 1.22. The maximum atomic E-state index is 10.7. The molecule has 1 aliphatic rings. The van der Waals surface area contributed by atoms with Gasteiger partial charge in [0.15, 0.2) is 0 Å². The first kappa shape index (κ1) is 11.2. The molecule has 0 spiro atoms. The fraction of sp³-hybridized carbons (Fsp3) is 0.300. The molecule has 0 aliphatic carbocycles. The third kappa shape index (κ3) is 2.80. The second-order valence-electron chi connectivity index (χ2n) is 3.13. The van der Waals surface area contributed by atoms with Gasteiger partial charge in [0.2, 0.25) is 0 Å². The van der Waals surface area contributed by atoms with Crippen molar-refractivity contribution in [3.8, 4) is 0 Å². The zero-order valence-corrected chi connectivity index (χ0v) is 7.19. The van der Waals surface area contributed by atoms with Gasteiger partial charge in [-0.05, 0) is 12.0 Å². The number of ether oxygens (including phenoxy) is 1. The first-order valence-corrected chi connectivity index (χ1v) is 4.32. The van der Waals surface area contributed by atoms with Crippen LogP contribution >= 0.6 is 0 Å². The van der Waals surface area contributed by atoms with Gasteiger partial charge in [0.25, 0.3) is 0 Å². The molecule has 0 saturated carbocycles. The van der Waals surface area contributed by atoms with E-state index in [1.54, 1.807) is 0 Å². The van der Waals surface area contributed by atoms with Crippen LogP contribution in [0.2, 0.25) is 0 Å². The second kappa shape index (κ2) is 5.09. The van der Waals surface area contributed by atoms with Crippen LogP contribution in [0.5, 0.6) is 0 Å². The molecule has 1 N–H and O–H groups in total. The van der Waals surface area contributed by atoms with Crippen molar-refractivity contribution in [2.45, 2.75) is 12.5 Å². The summed E-state index contributed by atoms with van der Waals surface area (Å²) in [6.07, 6.45) is 0.535. The Labute approximate surface area is 95.0 Å². The van der Waals surface area contributed by atoms with Gasteiger partial charge in [0.1, 0.15) is 6.61 Å². The van der Waals surface area contributed by atoms with E-state index < -0.39 is 0 Å². The van der Waals surface area contributed by atoms with E-state index in [1.807, 2.05) is 30.3 Å². The van der Waals surface area contributed by atoms with Gasteiger partial charge in [-0.25, -0.2) is 4.79 Å². The number of amides is 1. The van der Waals surface area contributed by atoms with E-state index in [9.17, 15) is 4.79 Å². The normalized spacial score (nSPS) is 19.4. The van der Waals surface area contributed by atoms with Crippen LogP contribution in [-0.4, -0.2) is 37.6 Å². The van der Waals surface area contributed by atoms with Gasteiger partial charge in [-0.3, -0.25) is 0 Å². The maximum absolute atomic E-state index is 10.7. The van der Waals surface area contributed by atoms with E-state index in [1.165, 1.54) is 5.56 Å². The predicted molar refractivity (Wildman–Crippen MR) is 55.6 cm³/mol. The SMILES string of the molecule is O=C1N[C@H](Cc2ccccc2)CO1.[LiH].